The second-order valence-electron chi connectivity index (χ2n) is 4.16. The number of ketones is 1. The van der Waals surface area contributed by atoms with Gasteiger partial charge in [-0.2, -0.15) is 0 Å². The van der Waals surface area contributed by atoms with E-state index >= 15 is 0 Å². The van der Waals surface area contributed by atoms with E-state index in [0.29, 0.717) is 11.1 Å². The highest BCUT2D eigenvalue weighted by molar-refractivity contribution is 6.07. The van der Waals surface area contributed by atoms with E-state index in [1.807, 2.05) is 6.07 Å². The summed E-state index contributed by atoms with van der Waals surface area (Å²) in [7, 11) is 0. The quantitative estimate of drug-likeness (QED) is 0.235. The molecule has 106 valence electrons. The van der Waals surface area contributed by atoms with E-state index in [4.69, 9.17) is 11.1 Å². The van der Waals surface area contributed by atoms with Gasteiger partial charge in [-0.15, -0.1) is 0 Å². The third-order valence-electron chi connectivity index (χ3n) is 2.82. The van der Waals surface area contributed by atoms with E-state index in [0.717, 1.165) is 0 Å². The second kappa shape index (κ2) is 7.31. The SMILES string of the molecule is [N-]=[N+]=Nc1cccc(C=CC(=O)c2ccccc2)c1N=[N+]=[N-]. The first-order valence-electron chi connectivity index (χ1n) is 6.27. The van der Waals surface area contributed by atoms with Crippen molar-refractivity contribution in [1.29, 1.82) is 0 Å². The van der Waals surface area contributed by atoms with Crippen molar-refractivity contribution in [2.45, 2.75) is 0 Å². The summed E-state index contributed by atoms with van der Waals surface area (Å²) in [5.41, 5.74) is 18.6. The fourth-order valence-electron chi connectivity index (χ4n) is 1.83. The summed E-state index contributed by atoms with van der Waals surface area (Å²) in [5.74, 6) is -0.179. The Morgan fingerprint density at radius 1 is 0.955 bits per heavy atom. The van der Waals surface area contributed by atoms with Crippen LogP contribution in [0.4, 0.5) is 11.4 Å². The first-order valence-corrected chi connectivity index (χ1v) is 6.27. The summed E-state index contributed by atoms with van der Waals surface area (Å²) in [5, 5.41) is 7.00. The van der Waals surface area contributed by atoms with Gasteiger partial charge in [0.05, 0.1) is 5.69 Å². The Kier molecular flexibility index (Phi) is 4.94. The average molecular weight is 290 g/mol. The molecule has 0 aliphatic carbocycles. The van der Waals surface area contributed by atoms with Crippen LogP contribution in [0.15, 0.2) is 64.8 Å². The molecule has 0 bridgehead atoms. The van der Waals surface area contributed by atoms with Gasteiger partial charge in [0.2, 0.25) is 0 Å². The van der Waals surface area contributed by atoms with Gasteiger partial charge in [-0.05, 0) is 22.7 Å². The minimum atomic E-state index is -0.179. The Morgan fingerprint density at radius 3 is 2.36 bits per heavy atom. The van der Waals surface area contributed by atoms with Gasteiger partial charge >= 0.3 is 0 Å². The van der Waals surface area contributed by atoms with Crippen LogP contribution in [0.25, 0.3) is 27.0 Å². The van der Waals surface area contributed by atoms with E-state index in [-0.39, 0.29) is 17.2 Å². The monoisotopic (exact) mass is 290 g/mol. The number of hydrogen-bond acceptors (Lipinski definition) is 3. The molecule has 7 nitrogen and oxygen atoms in total. The Hall–Kier alpha value is -3.53. The molecular formula is C15H10N6O. The Balaban J connectivity index is 2.39. The van der Waals surface area contributed by atoms with Crippen molar-refractivity contribution in [3.8, 4) is 0 Å². The van der Waals surface area contributed by atoms with Crippen molar-refractivity contribution >= 4 is 23.2 Å². The van der Waals surface area contributed by atoms with E-state index in [2.05, 4.69) is 20.1 Å². The van der Waals surface area contributed by atoms with Gasteiger partial charge in [0, 0.05) is 21.1 Å². The van der Waals surface area contributed by atoms with Crippen LogP contribution in [0.1, 0.15) is 15.9 Å². The lowest BCUT2D eigenvalue weighted by Gasteiger charge is -2.03. The van der Waals surface area contributed by atoms with E-state index in [1.165, 1.54) is 18.2 Å². The van der Waals surface area contributed by atoms with E-state index in [9.17, 15) is 4.79 Å². The van der Waals surface area contributed by atoms with Crippen LogP contribution in [0, 0.1) is 0 Å². The minimum Gasteiger partial charge on any atom is -0.289 e. The number of azide groups is 2. The summed E-state index contributed by atoms with van der Waals surface area (Å²) in [6.07, 6.45) is 2.90. The van der Waals surface area contributed by atoms with Gasteiger partial charge in [0.15, 0.2) is 5.78 Å². The second-order valence-corrected chi connectivity index (χ2v) is 4.16. The fraction of sp³-hybridized carbons (Fsp3) is 0. The molecule has 0 amide bonds. The normalized spacial score (nSPS) is 9.82. The standard InChI is InChI=1S/C15H10N6O/c16-20-18-13-8-4-7-12(15(13)19-21-17)9-10-14(22)11-5-2-1-3-6-11/h1-10H. The summed E-state index contributed by atoms with van der Waals surface area (Å²) in [6.45, 7) is 0. The molecule has 0 aliphatic heterocycles. The lowest BCUT2D eigenvalue weighted by Crippen LogP contribution is -1.92. The predicted molar refractivity (Wildman–Crippen MR) is 83.9 cm³/mol. The molecule has 0 N–H and O–H groups in total. The lowest BCUT2D eigenvalue weighted by molar-refractivity contribution is 0.104. The van der Waals surface area contributed by atoms with Crippen molar-refractivity contribution in [3.05, 3.63) is 86.6 Å². The number of benzene rings is 2. The summed E-state index contributed by atoms with van der Waals surface area (Å²) in [4.78, 5) is 17.4. The maximum Gasteiger partial charge on any atom is 0.185 e. The number of rotatable bonds is 5. The largest absolute Gasteiger partial charge is 0.289 e. The Morgan fingerprint density at radius 2 is 1.68 bits per heavy atom. The van der Waals surface area contributed by atoms with Gasteiger partial charge in [-0.3, -0.25) is 4.79 Å². The molecule has 0 radical (unpaired) electrons. The Labute approximate surface area is 125 Å². The van der Waals surface area contributed by atoms with E-state index in [1.54, 1.807) is 36.4 Å². The van der Waals surface area contributed by atoms with Gasteiger partial charge in [-0.1, -0.05) is 64.8 Å². The molecular weight excluding hydrogens is 280 g/mol. The smallest absolute Gasteiger partial charge is 0.185 e. The molecule has 2 aromatic rings. The zero-order valence-electron chi connectivity index (χ0n) is 11.4. The highest BCUT2D eigenvalue weighted by Crippen LogP contribution is 2.33. The van der Waals surface area contributed by atoms with Crippen molar-refractivity contribution in [1.82, 2.24) is 0 Å². The third kappa shape index (κ3) is 3.52. The first-order chi connectivity index (χ1) is 10.8. The van der Waals surface area contributed by atoms with Gasteiger partial charge in [-0.25, -0.2) is 0 Å². The van der Waals surface area contributed by atoms with Crippen molar-refractivity contribution in [2.24, 2.45) is 10.2 Å². The molecule has 0 saturated carbocycles. The molecule has 0 unspecified atom stereocenters. The molecule has 22 heavy (non-hydrogen) atoms. The third-order valence-corrected chi connectivity index (χ3v) is 2.82. The maximum absolute atomic E-state index is 12.0. The minimum absolute atomic E-state index is 0.179. The molecule has 0 fully saturated rings. The summed E-state index contributed by atoms with van der Waals surface area (Å²) in [6, 6.07) is 13.6. The van der Waals surface area contributed by atoms with Gasteiger partial charge in [0.25, 0.3) is 0 Å². The van der Waals surface area contributed by atoms with Crippen molar-refractivity contribution < 1.29 is 4.79 Å². The van der Waals surface area contributed by atoms with Crippen LogP contribution < -0.4 is 0 Å². The fourth-order valence-corrected chi connectivity index (χ4v) is 1.83. The van der Waals surface area contributed by atoms with Crippen LogP contribution in [-0.2, 0) is 0 Å². The van der Waals surface area contributed by atoms with Crippen LogP contribution in [0.3, 0.4) is 0 Å². The molecule has 0 aliphatic rings. The molecule has 0 saturated heterocycles. The summed E-state index contributed by atoms with van der Waals surface area (Å²) >= 11 is 0. The Bertz CT molecular complexity index is 815. The van der Waals surface area contributed by atoms with Crippen LogP contribution >= 0.6 is 0 Å². The number of carbonyl (C=O) groups is 1. The highest BCUT2D eigenvalue weighted by Gasteiger charge is 2.05. The first kappa shape index (κ1) is 14.9. The average Bonchev–Trinajstić information content (AvgIpc) is 2.56. The molecule has 0 heterocycles. The number of hydrogen-bond donors (Lipinski definition) is 0. The van der Waals surface area contributed by atoms with E-state index < -0.39 is 0 Å². The van der Waals surface area contributed by atoms with Crippen LogP contribution in [0.2, 0.25) is 0 Å². The molecule has 0 spiro atoms. The topological polar surface area (TPSA) is 115 Å². The highest BCUT2D eigenvalue weighted by atomic mass is 16.1. The van der Waals surface area contributed by atoms with Crippen molar-refractivity contribution in [2.75, 3.05) is 0 Å². The molecule has 7 heteroatoms. The maximum atomic E-state index is 12.0. The number of carbonyl (C=O) groups excluding carboxylic acids is 1. The summed E-state index contributed by atoms with van der Waals surface area (Å²) < 4.78 is 0. The van der Waals surface area contributed by atoms with Crippen LogP contribution in [0.5, 0.6) is 0 Å². The van der Waals surface area contributed by atoms with Crippen molar-refractivity contribution in [3.63, 3.8) is 0 Å². The van der Waals surface area contributed by atoms with Gasteiger partial charge in [0.1, 0.15) is 0 Å². The molecule has 2 rings (SSSR count). The van der Waals surface area contributed by atoms with Gasteiger partial charge < -0.3 is 0 Å². The molecule has 2 aromatic carbocycles. The molecule has 0 aromatic heterocycles. The zero-order valence-corrected chi connectivity index (χ0v) is 11.4. The number of nitrogens with zero attached hydrogens (tertiary/aromatic N) is 6. The predicted octanol–water partition coefficient (Wildman–Crippen LogP) is 5.47. The van der Waals surface area contributed by atoms with Crippen LogP contribution in [-0.4, -0.2) is 5.78 Å². The number of allylic oxidation sites excluding steroid dienone is 1. The zero-order chi connectivity index (χ0) is 15.8. The lowest BCUT2D eigenvalue weighted by atomic mass is 10.1. The molecule has 0 atom stereocenters.